The Morgan fingerprint density at radius 2 is 1.42 bits per heavy atom. The Morgan fingerprint density at radius 3 is 2.00 bits per heavy atom. The molecule has 3 aliphatic rings. The molecule has 0 aliphatic heterocycles. The van der Waals surface area contributed by atoms with E-state index in [-0.39, 0.29) is 5.78 Å². The number of ketones is 1. The molecule has 1 aromatic carbocycles. The van der Waals surface area contributed by atoms with Crippen molar-refractivity contribution >= 4 is 39.8 Å². The maximum absolute atomic E-state index is 13.9. The highest BCUT2D eigenvalue weighted by atomic mass is 35.5. The average molecular weight is 553 g/mol. The number of thiophene rings is 1. The van der Waals surface area contributed by atoms with Crippen molar-refractivity contribution < 1.29 is 4.79 Å². The van der Waals surface area contributed by atoms with Gasteiger partial charge >= 0.3 is 0 Å². The first-order chi connectivity index (χ1) is 18.6. The van der Waals surface area contributed by atoms with Gasteiger partial charge in [0.25, 0.3) is 0 Å². The third-order valence-corrected chi connectivity index (χ3v) is 10.6. The summed E-state index contributed by atoms with van der Waals surface area (Å²) in [7, 11) is 0. The number of hydrogen-bond donors (Lipinski definition) is 1. The molecule has 3 nitrogen and oxygen atoms in total. The van der Waals surface area contributed by atoms with Crippen LogP contribution in [0.2, 0.25) is 5.02 Å². The highest BCUT2D eigenvalue weighted by Crippen LogP contribution is 2.39. The first-order valence-corrected chi connectivity index (χ1v) is 16.4. The smallest absolute Gasteiger partial charge is 0.196 e. The molecule has 0 amide bonds. The van der Waals surface area contributed by atoms with Gasteiger partial charge in [0.15, 0.2) is 5.78 Å². The van der Waals surface area contributed by atoms with E-state index in [0.717, 1.165) is 30.0 Å². The molecule has 0 bridgehead atoms. The maximum Gasteiger partial charge on any atom is 0.196 e. The molecule has 0 atom stereocenters. The van der Waals surface area contributed by atoms with Gasteiger partial charge in [-0.15, -0.1) is 11.3 Å². The summed E-state index contributed by atoms with van der Waals surface area (Å²) in [5.74, 6) is 0.835. The predicted molar refractivity (Wildman–Crippen MR) is 163 cm³/mol. The molecule has 38 heavy (non-hydrogen) atoms. The van der Waals surface area contributed by atoms with Gasteiger partial charge in [0.2, 0.25) is 0 Å². The Bertz CT molecular complexity index is 1060. The second kappa shape index (κ2) is 13.6. The SMILES string of the molecule is Nc1sc(C=CCC2CCCCC2)c(CN(C2CCCCC2)C2CCCCC2)c1C(=O)c1ccc(Cl)cc1. The first kappa shape index (κ1) is 27.9. The van der Waals surface area contributed by atoms with Crippen LogP contribution in [0.5, 0.6) is 0 Å². The number of nitrogen functional groups attached to an aromatic ring is 1. The molecule has 206 valence electrons. The van der Waals surface area contributed by atoms with E-state index in [1.807, 2.05) is 12.1 Å². The van der Waals surface area contributed by atoms with Gasteiger partial charge in [-0.2, -0.15) is 0 Å². The minimum absolute atomic E-state index is 0.0320. The van der Waals surface area contributed by atoms with Crippen molar-refractivity contribution in [1.29, 1.82) is 0 Å². The summed E-state index contributed by atoms with van der Waals surface area (Å²) < 4.78 is 0. The van der Waals surface area contributed by atoms with Crippen LogP contribution >= 0.6 is 22.9 Å². The van der Waals surface area contributed by atoms with Crippen LogP contribution in [0.4, 0.5) is 5.00 Å². The zero-order chi connectivity index (χ0) is 26.3. The van der Waals surface area contributed by atoms with Gasteiger partial charge in [0.1, 0.15) is 0 Å². The van der Waals surface area contributed by atoms with E-state index >= 15 is 0 Å². The molecule has 0 spiro atoms. The molecular formula is C33H45ClN2OS. The molecular weight excluding hydrogens is 508 g/mol. The first-order valence-electron chi connectivity index (χ1n) is 15.2. The largest absolute Gasteiger partial charge is 0.390 e. The molecule has 5 heteroatoms. The average Bonchev–Trinajstić information content (AvgIpc) is 3.27. The van der Waals surface area contributed by atoms with Crippen molar-refractivity contribution in [3.63, 3.8) is 0 Å². The van der Waals surface area contributed by atoms with E-state index in [4.69, 9.17) is 17.3 Å². The molecule has 2 aromatic rings. The van der Waals surface area contributed by atoms with Gasteiger partial charge in [-0.1, -0.05) is 88.3 Å². The lowest BCUT2D eigenvalue weighted by molar-refractivity contribution is 0.0726. The van der Waals surface area contributed by atoms with E-state index in [0.29, 0.717) is 27.7 Å². The number of rotatable bonds is 9. The molecule has 3 saturated carbocycles. The van der Waals surface area contributed by atoms with E-state index in [2.05, 4.69) is 17.1 Å². The second-order valence-corrected chi connectivity index (χ2v) is 13.4. The second-order valence-electron chi connectivity index (χ2n) is 11.9. The van der Waals surface area contributed by atoms with Gasteiger partial charge in [0.05, 0.1) is 10.6 Å². The topological polar surface area (TPSA) is 46.3 Å². The fourth-order valence-corrected chi connectivity index (χ4v) is 8.28. The number of anilines is 1. The molecule has 0 saturated heterocycles. The van der Waals surface area contributed by atoms with Crippen molar-refractivity contribution in [3.8, 4) is 0 Å². The van der Waals surface area contributed by atoms with Crippen molar-refractivity contribution in [3.05, 3.63) is 56.9 Å². The van der Waals surface area contributed by atoms with Crippen LogP contribution in [-0.4, -0.2) is 22.8 Å². The lowest BCUT2D eigenvalue weighted by Gasteiger charge is -2.42. The lowest BCUT2D eigenvalue weighted by Crippen LogP contribution is -2.44. The highest BCUT2D eigenvalue weighted by molar-refractivity contribution is 7.17. The standard InChI is InChI=1S/C33H45ClN2OS/c34-26-21-19-25(20-22-26)32(37)31-29(30(38-33(31)35)18-10-13-24-11-4-1-5-12-24)23-36(27-14-6-2-7-15-27)28-16-8-3-9-17-28/h10,18-22,24,27-28H,1-9,11-17,23,35H2. The number of carbonyl (C=O) groups is 1. The molecule has 3 fully saturated rings. The molecule has 2 N–H and O–H groups in total. The predicted octanol–water partition coefficient (Wildman–Crippen LogP) is 9.67. The van der Waals surface area contributed by atoms with Gasteiger partial charge < -0.3 is 5.73 Å². The number of nitrogens with two attached hydrogens (primary N) is 1. The van der Waals surface area contributed by atoms with Crippen LogP contribution in [0.1, 0.15) is 129 Å². The molecule has 5 rings (SSSR count). The zero-order valence-corrected chi connectivity index (χ0v) is 24.5. The van der Waals surface area contributed by atoms with Crippen LogP contribution in [0.3, 0.4) is 0 Å². The Hall–Kier alpha value is -1.62. The normalized spacial score (nSPS) is 20.5. The van der Waals surface area contributed by atoms with Crippen molar-refractivity contribution in [2.45, 2.75) is 121 Å². The van der Waals surface area contributed by atoms with Gasteiger partial charge in [-0.05, 0) is 73.9 Å². The summed E-state index contributed by atoms with van der Waals surface area (Å²) >= 11 is 7.75. The quantitative estimate of drug-likeness (QED) is 0.315. The van der Waals surface area contributed by atoms with Crippen molar-refractivity contribution in [2.24, 2.45) is 5.92 Å². The number of benzene rings is 1. The van der Waals surface area contributed by atoms with Gasteiger partial charge in [-0.25, -0.2) is 0 Å². The Labute approximate surface area is 238 Å². The molecule has 1 heterocycles. The van der Waals surface area contributed by atoms with Gasteiger partial charge in [0, 0.05) is 34.1 Å². The minimum atomic E-state index is 0.0320. The summed E-state index contributed by atoms with van der Waals surface area (Å²) in [6.45, 7) is 0.834. The van der Waals surface area contributed by atoms with Crippen LogP contribution in [0, 0.1) is 5.92 Å². The molecule has 0 unspecified atom stereocenters. The van der Waals surface area contributed by atoms with Gasteiger partial charge in [-0.3, -0.25) is 9.69 Å². The monoisotopic (exact) mass is 552 g/mol. The Kier molecular flexibility index (Phi) is 10.0. The zero-order valence-electron chi connectivity index (χ0n) is 22.9. The van der Waals surface area contributed by atoms with Crippen molar-refractivity contribution in [1.82, 2.24) is 4.90 Å². The summed E-state index contributed by atoms with van der Waals surface area (Å²) in [4.78, 5) is 17.9. The van der Waals surface area contributed by atoms with E-state index in [1.54, 1.807) is 23.5 Å². The summed E-state index contributed by atoms with van der Waals surface area (Å²) in [6, 6.07) is 8.52. The molecule has 1 aromatic heterocycles. The summed E-state index contributed by atoms with van der Waals surface area (Å²) in [6.07, 6.45) is 25.8. The third-order valence-electron chi connectivity index (χ3n) is 9.29. The fraction of sp³-hybridized carbons (Fsp3) is 0.606. The Balaban J connectivity index is 1.48. The number of allylic oxidation sites excluding steroid dienone is 1. The number of carbonyl (C=O) groups excluding carboxylic acids is 1. The number of nitrogens with zero attached hydrogens (tertiary/aromatic N) is 1. The highest BCUT2D eigenvalue weighted by Gasteiger charge is 2.32. The summed E-state index contributed by atoms with van der Waals surface area (Å²) in [5.41, 5.74) is 9.23. The van der Waals surface area contributed by atoms with Crippen LogP contribution in [0.15, 0.2) is 30.3 Å². The third kappa shape index (κ3) is 6.92. The molecule has 0 radical (unpaired) electrons. The number of halogens is 1. The Morgan fingerprint density at radius 1 is 0.868 bits per heavy atom. The van der Waals surface area contributed by atoms with Crippen LogP contribution < -0.4 is 5.73 Å². The van der Waals surface area contributed by atoms with E-state index in [1.165, 1.54) is 101 Å². The molecule has 3 aliphatic carbocycles. The van der Waals surface area contributed by atoms with E-state index in [9.17, 15) is 4.79 Å². The van der Waals surface area contributed by atoms with Crippen LogP contribution in [0.25, 0.3) is 6.08 Å². The van der Waals surface area contributed by atoms with Crippen LogP contribution in [-0.2, 0) is 6.54 Å². The maximum atomic E-state index is 13.9. The lowest BCUT2D eigenvalue weighted by atomic mass is 9.87. The van der Waals surface area contributed by atoms with Crippen molar-refractivity contribution in [2.75, 3.05) is 5.73 Å². The summed E-state index contributed by atoms with van der Waals surface area (Å²) in [5, 5.41) is 1.30. The minimum Gasteiger partial charge on any atom is -0.390 e. The number of hydrogen-bond acceptors (Lipinski definition) is 4. The van der Waals surface area contributed by atoms with E-state index < -0.39 is 0 Å². The fourth-order valence-electron chi connectivity index (χ4n) is 7.14.